The summed E-state index contributed by atoms with van der Waals surface area (Å²) in [6.45, 7) is 3.72. The number of esters is 1. The second kappa shape index (κ2) is 11.7. The monoisotopic (exact) mass is 510 g/mol. The number of nitrogens with two attached hydrogens (primary N) is 1. The summed E-state index contributed by atoms with van der Waals surface area (Å²) in [6, 6.07) is 7.54. The first-order valence-corrected chi connectivity index (χ1v) is 12.7. The van der Waals surface area contributed by atoms with Gasteiger partial charge in [-0.2, -0.15) is 5.09 Å². The first-order chi connectivity index (χ1) is 16.6. The zero-order valence-corrected chi connectivity index (χ0v) is 20.7. The van der Waals surface area contributed by atoms with E-state index in [2.05, 4.69) is 10.1 Å². The molecule has 0 saturated carbocycles. The van der Waals surface area contributed by atoms with E-state index in [1.54, 1.807) is 30.3 Å². The predicted molar refractivity (Wildman–Crippen MR) is 125 cm³/mol. The Balaban J connectivity index is 1.71. The number of primary amides is 1. The standard InChI is InChI=1S/C22H31N4O8P/c1-14(2)11-17(22(29)31-3)25-35(30,34-15-7-5-4-6-8-15)32-12-16-9-10-18(33-16)26-13-24-19(20(23)27)21(26)28/h4-8,13-14,16-18,28H,9-12H2,1-3H3,(H2,23,27)(H,25,30)/t16-,17-,18+,35?/m0/s1. The number of hydrogen-bond donors (Lipinski definition) is 3. The van der Waals surface area contributed by atoms with E-state index >= 15 is 0 Å². The molecule has 1 amide bonds. The highest BCUT2D eigenvalue weighted by Crippen LogP contribution is 2.46. The van der Waals surface area contributed by atoms with E-state index in [-0.39, 0.29) is 18.2 Å². The Morgan fingerprint density at radius 2 is 2.03 bits per heavy atom. The van der Waals surface area contributed by atoms with Gasteiger partial charge in [0.25, 0.3) is 5.91 Å². The van der Waals surface area contributed by atoms with Gasteiger partial charge in [0.2, 0.25) is 5.88 Å². The van der Waals surface area contributed by atoms with Crippen molar-refractivity contribution in [1.82, 2.24) is 14.6 Å². The Hall–Kier alpha value is -2.92. The third-order valence-corrected chi connectivity index (χ3v) is 6.87. The van der Waals surface area contributed by atoms with Gasteiger partial charge in [0.1, 0.15) is 24.3 Å². The van der Waals surface area contributed by atoms with Gasteiger partial charge in [0, 0.05) is 0 Å². The van der Waals surface area contributed by atoms with Crippen molar-refractivity contribution in [2.45, 2.75) is 51.5 Å². The highest BCUT2D eigenvalue weighted by Gasteiger charge is 2.37. The summed E-state index contributed by atoms with van der Waals surface area (Å²) in [5.41, 5.74) is 4.94. The molecule has 0 aliphatic carbocycles. The molecule has 1 aromatic carbocycles. The Labute approximate surface area is 203 Å². The van der Waals surface area contributed by atoms with Gasteiger partial charge in [0.15, 0.2) is 5.69 Å². The molecular weight excluding hydrogens is 479 g/mol. The van der Waals surface area contributed by atoms with Crippen molar-refractivity contribution in [3.63, 3.8) is 0 Å². The molecule has 1 fully saturated rings. The van der Waals surface area contributed by atoms with Crippen molar-refractivity contribution < 1.29 is 37.8 Å². The molecule has 12 nitrogen and oxygen atoms in total. The molecule has 0 radical (unpaired) electrons. The van der Waals surface area contributed by atoms with Gasteiger partial charge >= 0.3 is 13.7 Å². The average molecular weight is 510 g/mol. The normalized spacial score (nSPS) is 20.3. The number of para-hydroxylation sites is 1. The highest BCUT2D eigenvalue weighted by atomic mass is 31.2. The largest absolute Gasteiger partial charge is 0.493 e. The van der Waals surface area contributed by atoms with E-state index in [1.165, 1.54) is 18.0 Å². The highest BCUT2D eigenvalue weighted by molar-refractivity contribution is 7.52. The third-order valence-electron chi connectivity index (χ3n) is 5.30. The van der Waals surface area contributed by atoms with Crippen LogP contribution in [0.1, 0.15) is 49.8 Å². The number of nitrogens with one attached hydrogen (secondary N) is 1. The molecule has 0 bridgehead atoms. The van der Waals surface area contributed by atoms with E-state index in [4.69, 9.17) is 24.3 Å². The van der Waals surface area contributed by atoms with Crippen LogP contribution < -0.4 is 15.3 Å². The number of carbonyl (C=O) groups is 2. The zero-order valence-electron chi connectivity index (χ0n) is 19.8. The smallest absolute Gasteiger partial charge is 0.459 e. The van der Waals surface area contributed by atoms with Gasteiger partial charge in [-0.1, -0.05) is 32.0 Å². The number of methoxy groups -OCH3 is 1. The second-order valence-electron chi connectivity index (χ2n) is 8.51. The first-order valence-electron chi connectivity index (χ1n) is 11.2. The van der Waals surface area contributed by atoms with Gasteiger partial charge in [0.05, 0.1) is 19.8 Å². The van der Waals surface area contributed by atoms with Crippen molar-refractivity contribution in [3.05, 3.63) is 42.4 Å². The van der Waals surface area contributed by atoms with Crippen LogP contribution in [0.2, 0.25) is 0 Å². The van der Waals surface area contributed by atoms with E-state index in [1.807, 2.05) is 13.8 Å². The molecule has 1 unspecified atom stereocenters. The summed E-state index contributed by atoms with van der Waals surface area (Å²) in [5.74, 6) is -1.44. The van der Waals surface area contributed by atoms with Gasteiger partial charge in [-0.3, -0.25) is 18.7 Å². The molecule has 13 heteroatoms. The van der Waals surface area contributed by atoms with Crippen molar-refractivity contribution in [1.29, 1.82) is 0 Å². The molecule has 2 aromatic rings. The molecule has 1 saturated heterocycles. The minimum absolute atomic E-state index is 0.101. The number of imidazole rings is 1. The van der Waals surface area contributed by atoms with Crippen LogP contribution in [0, 0.1) is 5.92 Å². The number of amides is 1. The van der Waals surface area contributed by atoms with Crippen molar-refractivity contribution >= 4 is 19.6 Å². The van der Waals surface area contributed by atoms with Gasteiger partial charge in [-0.05, 0) is 37.3 Å². The maximum absolute atomic E-state index is 13.7. The van der Waals surface area contributed by atoms with Crippen LogP contribution in [0.5, 0.6) is 11.6 Å². The SMILES string of the molecule is COC(=O)[C@H](CC(C)C)NP(=O)(OC[C@@H]1CC[C@H](n2cnc(C(N)=O)c2O)O1)Oc1ccccc1. The maximum Gasteiger partial charge on any atom is 0.459 e. The molecule has 1 aliphatic rings. The lowest BCUT2D eigenvalue weighted by molar-refractivity contribution is -0.143. The van der Waals surface area contributed by atoms with Crippen LogP contribution in [0.15, 0.2) is 36.7 Å². The van der Waals surface area contributed by atoms with E-state index in [9.17, 15) is 19.3 Å². The van der Waals surface area contributed by atoms with Crippen LogP contribution in [0.4, 0.5) is 0 Å². The molecule has 1 aliphatic heterocycles. The molecule has 192 valence electrons. The number of aromatic nitrogens is 2. The van der Waals surface area contributed by atoms with Crippen LogP contribution >= 0.6 is 7.75 Å². The molecule has 35 heavy (non-hydrogen) atoms. The maximum atomic E-state index is 13.7. The van der Waals surface area contributed by atoms with Gasteiger partial charge in [-0.25, -0.2) is 9.55 Å². The lowest BCUT2D eigenvalue weighted by atomic mass is 10.1. The summed E-state index contributed by atoms with van der Waals surface area (Å²) in [6.07, 6.45) is 1.48. The number of nitrogens with zero attached hydrogens (tertiary/aromatic N) is 2. The average Bonchev–Trinajstić information content (AvgIpc) is 3.43. The molecule has 3 rings (SSSR count). The lowest BCUT2D eigenvalue weighted by Gasteiger charge is -2.26. The summed E-state index contributed by atoms with van der Waals surface area (Å²) in [5, 5.41) is 12.9. The fraction of sp³-hybridized carbons (Fsp3) is 0.500. The van der Waals surface area contributed by atoms with Crippen molar-refractivity contribution in [2.24, 2.45) is 11.7 Å². The predicted octanol–water partition coefficient (Wildman–Crippen LogP) is 2.75. The first kappa shape index (κ1) is 26.7. The number of carbonyl (C=O) groups excluding carboxylic acids is 2. The topological polar surface area (TPSA) is 164 Å². The van der Waals surface area contributed by atoms with Crippen molar-refractivity contribution in [2.75, 3.05) is 13.7 Å². The zero-order chi connectivity index (χ0) is 25.6. The summed E-state index contributed by atoms with van der Waals surface area (Å²) in [4.78, 5) is 27.5. The van der Waals surface area contributed by atoms with Gasteiger partial charge < -0.3 is 24.8 Å². The number of ether oxygens (including phenoxy) is 2. The van der Waals surface area contributed by atoms with Crippen LogP contribution in [0.3, 0.4) is 0 Å². The molecular formula is C22H31N4O8P. The Morgan fingerprint density at radius 3 is 2.63 bits per heavy atom. The van der Waals surface area contributed by atoms with Crippen LogP contribution in [-0.4, -0.2) is 52.4 Å². The third kappa shape index (κ3) is 7.04. The van der Waals surface area contributed by atoms with Crippen LogP contribution in [-0.2, 0) is 23.4 Å². The number of hydrogen-bond acceptors (Lipinski definition) is 9. The molecule has 4 atom stereocenters. The number of rotatable bonds is 12. The Morgan fingerprint density at radius 1 is 1.31 bits per heavy atom. The lowest BCUT2D eigenvalue weighted by Crippen LogP contribution is -2.38. The number of aromatic hydroxyl groups is 1. The van der Waals surface area contributed by atoms with Gasteiger partial charge in [-0.15, -0.1) is 0 Å². The van der Waals surface area contributed by atoms with E-state index in [0.29, 0.717) is 25.0 Å². The Kier molecular flexibility index (Phi) is 8.90. The van der Waals surface area contributed by atoms with Crippen molar-refractivity contribution in [3.8, 4) is 11.6 Å². The minimum atomic E-state index is -4.04. The molecule has 4 N–H and O–H groups in total. The number of benzene rings is 1. The quantitative estimate of drug-likeness (QED) is 0.286. The second-order valence-corrected chi connectivity index (χ2v) is 10.2. The molecule has 2 heterocycles. The fourth-order valence-electron chi connectivity index (χ4n) is 3.65. The Bertz CT molecular complexity index is 1060. The summed E-state index contributed by atoms with van der Waals surface area (Å²) in [7, 11) is -2.79. The summed E-state index contributed by atoms with van der Waals surface area (Å²) < 4.78 is 37.2. The van der Waals surface area contributed by atoms with Crippen LogP contribution in [0.25, 0.3) is 0 Å². The van der Waals surface area contributed by atoms with E-state index in [0.717, 1.165) is 0 Å². The molecule has 0 spiro atoms. The van der Waals surface area contributed by atoms with E-state index < -0.39 is 43.9 Å². The minimum Gasteiger partial charge on any atom is -0.493 e. The fourth-order valence-corrected chi connectivity index (χ4v) is 5.18. The summed E-state index contributed by atoms with van der Waals surface area (Å²) >= 11 is 0. The molecule has 1 aromatic heterocycles.